The average molecular weight is 311 g/mol. The molecule has 120 valence electrons. The molecule has 0 unspecified atom stereocenters. The zero-order valence-corrected chi connectivity index (χ0v) is 13.1. The summed E-state index contributed by atoms with van der Waals surface area (Å²) in [4.78, 5) is 26.2. The molecule has 6 nitrogen and oxygen atoms in total. The van der Waals surface area contributed by atoms with Crippen LogP contribution in [0.4, 0.5) is 5.82 Å². The van der Waals surface area contributed by atoms with E-state index in [9.17, 15) is 4.79 Å². The fourth-order valence-corrected chi connectivity index (χ4v) is 3.08. The molecule has 2 N–H and O–H groups in total. The first kappa shape index (κ1) is 15.4. The van der Waals surface area contributed by atoms with Crippen LogP contribution in [0.5, 0.6) is 0 Å². The minimum atomic E-state index is -0.504. The van der Waals surface area contributed by atoms with E-state index in [1.54, 1.807) is 6.07 Å². The lowest BCUT2D eigenvalue weighted by Gasteiger charge is -2.21. The Balaban J connectivity index is 1.62. The lowest BCUT2D eigenvalue weighted by atomic mass is 9.95. The van der Waals surface area contributed by atoms with Crippen molar-refractivity contribution in [3.8, 4) is 0 Å². The summed E-state index contributed by atoms with van der Waals surface area (Å²) in [6.07, 6.45) is 7.50. The Morgan fingerprint density at radius 3 is 2.91 bits per heavy atom. The van der Waals surface area contributed by atoms with Crippen LogP contribution < -0.4 is 10.6 Å². The number of rotatable bonds is 4. The van der Waals surface area contributed by atoms with E-state index in [0.29, 0.717) is 11.6 Å². The van der Waals surface area contributed by atoms with Crippen LogP contribution in [0.2, 0.25) is 0 Å². The third-order valence-electron chi connectivity index (χ3n) is 4.29. The minimum absolute atomic E-state index is 0.290. The van der Waals surface area contributed by atoms with Gasteiger partial charge in [0.2, 0.25) is 0 Å². The second kappa shape index (κ2) is 7.17. The van der Waals surface area contributed by atoms with Crippen molar-refractivity contribution in [1.29, 1.82) is 0 Å². The van der Waals surface area contributed by atoms with Crippen LogP contribution >= 0.6 is 0 Å². The highest BCUT2D eigenvalue weighted by Gasteiger charge is 2.19. The van der Waals surface area contributed by atoms with E-state index < -0.39 is 5.91 Å². The van der Waals surface area contributed by atoms with Crippen LogP contribution in [0, 0.1) is 5.92 Å². The molecule has 1 atom stereocenters. The number of nitrogens with two attached hydrogens (primary N) is 1. The molecule has 2 aromatic rings. The fraction of sp³-hybridized carbons (Fsp3) is 0.412. The summed E-state index contributed by atoms with van der Waals surface area (Å²) >= 11 is 0. The van der Waals surface area contributed by atoms with Gasteiger partial charge in [0, 0.05) is 25.0 Å². The third kappa shape index (κ3) is 4.03. The summed E-state index contributed by atoms with van der Waals surface area (Å²) in [5.41, 5.74) is 6.46. The molecule has 0 bridgehead atoms. The smallest absolute Gasteiger partial charge is 0.267 e. The summed E-state index contributed by atoms with van der Waals surface area (Å²) in [7, 11) is 0. The fourth-order valence-electron chi connectivity index (χ4n) is 3.08. The Morgan fingerprint density at radius 1 is 1.22 bits per heavy atom. The number of carbonyl (C=O) groups excluding carboxylic acids is 1. The van der Waals surface area contributed by atoms with Crippen molar-refractivity contribution in [3.63, 3.8) is 0 Å². The molecular formula is C17H21N5O. The van der Waals surface area contributed by atoms with Gasteiger partial charge in [-0.3, -0.25) is 4.79 Å². The van der Waals surface area contributed by atoms with Crippen molar-refractivity contribution in [3.05, 3.63) is 48.2 Å². The van der Waals surface area contributed by atoms with Gasteiger partial charge in [0.05, 0.1) is 0 Å². The molecule has 3 rings (SSSR count). The molecule has 1 fully saturated rings. The molecule has 0 aromatic carbocycles. The number of amides is 1. The number of nitrogens with zero attached hydrogens (tertiary/aromatic N) is 4. The van der Waals surface area contributed by atoms with Crippen molar-refractivity contribution in [2.45, 2.75) is 25.7 Å². The highest BCUT2D eigenvalue weighted by molar-refractivity contribution is 5.90. The Labute approximate surface area is 135 Å². The van der Waals surface area contributed by atoms with E-state index in [1.807, 2.05) is 18.3 Å². The summed E-state index contributed by atoms with van der Waals surface area (Å²) in [6, 6.07) is 7.74. The van der Waals surface area contributed by atoms with Gasteiger partial charge < -0.3 is 10.6 Å². The molecule has 6 heteroatoms. The largest absolute Gasteiger partial charge is 0.364 e. The monoisotopic (exact) mass is 311 g/mol. The molecule has 1 aliphatic heterocycles. The van der Waals surface area contributed by atoms with Gasteiger partial charge in [0.15, 0.2) is 0 Å². The topological polar surface area (TPSA) is 85.0 Å². The number of anilines is 1. The molecule has 0 aliphatic carbocycles. The molecule has 0 radical (unpaired) electrons. The van der Waals surface area contributed by atoms with Gasteiger partial charge in [-0.05, 0) is 49.8 Å². The minimum Gasteiger partial charge on any atom is -0.364 e. The summed E-state index contributed by atoms with van der Waals surface area (Å²) in [5.74, 6) is 1.10. The van der Waals surface area contributed by atoms with Crippen LogP contribution in [0.15, 0.2) is 36.8 Å². The van der Waals surface area contributed by atoms with E-state index >= 15 is 0 Å². The first-order chi connectivity index (χ1) is 11.2. The lowest BCUT2D eigenvalue weighted by molar-refractivity contribution is 0.0995. The Morgan fingerprint density at radius 2 is 2.13 bits per heavy atom. The molecule has 2 aromatic heterocycles. The second-order valence-electron chi connectivity index (χ2n) is 5.93. The highest BCUT2D eigenvalue weighted by atomic mass is 16.1. The van der Waals surface area contributed by atoms with Crippen LogP contribution in [0.1, 0.15) is 35.4 Å². The van der Waals surface area contributed by atoms with E-state index in [1.165, 1.54) is 6.33 Å². The zero-order valence-electron chi connectivity index (χ0n) is 13.1. The second-order valence-corrected chi connectivity index (χ2v) is 5.93. The van der Waals surface area contributed by atoms with Gasteiger partial charge in [-0.15, -0.1) is 0 Å². The molecule has 0 spiro atoms. The maximum atomic E-state index is 11.2. The number of primary amides is 1. The van der Waals surface area contributed by atoms with Crippen LogP contribution in [-0.2, 0) is 6.42 Å². The van der Waals surface area contributed by atoms with Gasteiger partial charge in [-0.25, -0.2) is 15.0 Å². The SMILES string of the molecule is NC(=O)c1cc(C[C@@H]2CCCN(c3ccccn3)CC2)ncn1. The molecule has 1 amide bonds. The maximum Gasteiger partial charge on any atom is 0.267 e. The van der Waals surface area contributed by atoms with E-state index in [-0.39, 0.29) is 0 Å². The highest BCUT2D eigenvalue weighted by Crippen LogP contribution is 2.23. The maximum absolute atomic E-state index is 11.2. The van der Waals surface area contributed by atoms with E-state index in [2.05, 4.69) is 25.9 Å². The molecule has 1 aliphatic rings. The summed E-state index contributed by atoms with van der Waals surface area (Å²) in [6.45, 7) is 2.03. The number of aromatic nitrogens is 3. The van der Waals surface area contributed by atoms with Crippen molar-refractivity contribution >= 4 is 11.7 Å². The number of hydrogen-bond donors (Lipinski definition) is 1. The quantitative estimate of drug-likeness (QED) is 0.931. The van der Waals surface area contributed by atoms with E-state index in [0.717, 1.165) is 50.3 Å². The van der Waals surface area contributed by atoms with Gasteiger partial charge in [-0.1, -0.05) is 6.07 Å². The van der Waals surface area contributed by atoms with Crippen molar-refractivity contribution < 1.29 is 4.79 Å². The molecule has 0 saturated carbocycles. The first-order valence-electron chi connectivity index (χ1n) is 7.99. The molecule has 1 saturated heterocycles. The predicted molar refractivity (Wildman–Crippen MR) is 88.0 cm³/mol. The van der Waals surface area contributed by atoms with Crippen LogP contribution in [-0.4, -0.2) is 33.9 Å². The Kier molecular flexibility index (Phi) is 4.80. The predicted octanol–water partition coefficient (Wildman–Crippen LogP) is 1.82. The number of carbonyl (C=O) groups is 1. The molecule has 23 heavy (non-hydrogen) atoms. The first-order valence-corrected chi connectivity index (χ1v) is 7.99. The normalized spacial score (nSPS) is 18.4. The standard InChI is InChI=1S/C17H21N5O/c18-17(23)15-11-14(20-12-21-15)10-13-4-3-8-22(9-6-13)16-5-1-2-7-19-16/h1-2,5,7,11-13H,3-4,6,8-10H2,(H2,18,23)/t13-/m1/s1. The molecular weight excluding hydrogens is 290 g/mol. The van der Waals surface area contributed by atoms with Gasteiger partial charge in [0.1, 0.15) is 17.8 Å². The van der Waals surface area contributed by atoms with E-state index in [4.69, 9.17) is 5.73 Å². The Hall–Kier alpha value is -2.50. The van der Waals surface area contributed by atoms with Crippen LogP contribution in [0.25, 0.3) is 0 Å². The lowest BCUT2D eigenvalue weighted by Crippen LogP contribution is -2.25. The average Bonchev–Trinajstić information content (AvgIpc) is 2.81. The van der Waals surface area contributed by atoms with Gasteiger partial charge in [-0.2, -0.15) is 0 Å². The zero-order chi connectivity index (χ0) is 16.1. The molecule has 3 heterocycles. The van der Waals surface area contributed by atoms with Crippen molar-refractivity contribution in [1.82, 2.24) is 15.0 Å². The van der Waals surface area contributed by atoms with Crippen molar-refractivity contribution in [2.75, 3.05) is 18.0 Å². The van der Waals surface area contributed by atoms with Crippen molar-refractivity contribution in [2.24, 2.45) is 11.7 Å². The summed E-state index contributed by atoms with van der Waals surface area (Å²) < 4.78 is 0. The number of pyridine rings is 1. The Bertz CT molecular complexity index is 661. The number of hydrogen-bond acceptors (Lipinski definition) is 5. The van der Waals surface area contributed by atoms with Crippen LogP contribution in [0.3, 0.4) is 0 Å². The summed E-state index contributed by atoms with van der Waals surface area (Å²) in [5, 5.41) is 0. The third-order valence-corrected chi connectivity index (χ3v) is 4.29. The van der Waals surface area contributed by atoms with Gasteiger partial charge >= 0.3 is 0 Å². The van der Waals surface area contributed by atoms with Gasteiger partial charge in [0.25, 0.3) is 5.91 Å².